The predicted molar refractivity (Wildman–Crippen MR) is 73.9 cm³/mol. The number of carbonyl (C=O) groups excluding carboxylic acids is 1. The molecule has 1 aromatic carbocycles. The van der Waals surface area contributed by atoms with Gasteiger partial charge in [-0.3, -0.25) is 0 Å². The third-order valence-corrected chi connectivity index (χ3v) is 4.00. The highest BCUT2D eigenvalue weighted by Gasteiger charge is 2.19. The number of carboxylic acid groups (broad SMARTS) is 1. The Balaban J connectivity index is 3.13. The van der Waals surface area contributed by atoms with Crippen molar-refractivity contribution < 1.29 is 28.2 Å². The quantitative estimate of drug-likeness (QED) is 0.475. The van der Waals surface area contributed by atoms with Crippen LogP contribution in [-0.2, 0) is 14.8 Å². The van der Waals surface area contributed by atoms with E-state index < -0.39 is 16.0 Å². The highest BCUT2D eigenvalue weighted by atomic mass is 32.2. The maximum atomic E-state index is 12.2. The second kappa shape index (κ2) is 7.77. The van der Waals surface area contributed by atoms with Crippen LogP contribution in [0.25, 0.3) is 6.08 Å². The van der Waals surface area contributed by atoms with Crippen LogP contribution in [0.1, 0.15) is 12.0 Å². The van der Waals surface area contributed by atoms with Gasteiger partial charge in [0.05, 0.1) is 13.1 Å². The van der Waals surface area contributed by atoms with Crippen molar-refractivity contribution in [2.75, 3.05) is 20.3 Å². The number of hydrogen-bond acceptors (Lipinski definition) is 6. The minimum atomic E-state index is -3.82. The lowest BCUT2D eigenvalue weighted by molar-refractivity contribution is -0.297. The highest BCUT2D eigenvalue weighted by molar-refractivity contribution is 7.89. The smallest absolute Gasteiger partial charge is 0.244 e. The van der Waals surface area contributed by atoms with Gasteiger partial charge in [0.1, 0.15) is 10.6 Å². The molecule has 1 aromatic rings. The van der Waals surface area contributed by atoms with Gasteiger partial charge < -0.3 is 19.7 Å². The van der Waals surface area contributed by atoms with E-state index in [9.17, 15) is 18.3 Å². The van der Waals surface area contributed by atoms with E-state index in [1.807, 2.05) is 0 Å². The van der Waals surface area contributed by atoms with Gasteiger partial charge in [-0.05, 0) is 30.2 Å². The molecule has 0 saturated carbocycles. The molecule has 0 bridgehead atoms. The zero-order chi connectivity index (χ0) is 15.9. The van der Waals surface area contributed by atoms with E-state index in [1.165, 1.54) is 31.4 Å². The van der Waals surface area contributed by atoms with Crippen molar-refractivity contribution in [1.82, 2.24) is 4.72 Å². The van der Waals surface area contributed by atoms with E-state index in [0.29, 0.717) is 5.56 Å². The average Bonchev–Trinajstić information content (AvgIpc) is 2.45. The average molecular weight is 314 g/mol. The van der Waals surface area contributed by atoms with Crippen molar-refractivity contribution in [3.63, 3.8) is 0 Å². The molecule has 21 heavy (non-hydrogen) atoms. The SMILES string of the molecule is COc1ccc(/C=C/C(=O)[O-])cc1S(=O)(=O)NCCCO. The van der Waals surface area contributed by atoms with Gasteiger partial charge >= 0.3 is 0 Å². The van der Waals surface area contributed by atoms with Gasteiger partial charge in [0.15, 0.2) is 0 Å². The molecule has 7 nitrogen and oxygen atoms in total. The Bertz CT molecular complexity index is 624. The number of aliphatic carboxylic acids is 1. The van der Waals surface area contributed by atoms with E-state index in [1.54, 1.807) is 0 Å². The summed E-state index contributed by atoms with van der Waals surface area (Å²) in [5.74, 6) is -1.24. The summed E-state index contributed by atoms with van der Waals surface area (Å²) in [6, 6.07) is 4.24. The van der Waals surface area contributed by atoms with Crippen LogP contribution in [0.15, 0.2) is 29.2 Å². The number of aliphatic hydroxyl groups is 1. The van der Waals surface area contributed by atoms with Gasteiger partial charge in [0, 0.05) is 13.2 Å². The molecule has 0 aromatic heterocycles. The molecule has 0 spiro atoms. The second-order valence-corrected chi connectivity index (χ2v) is 5.77. The van der Waals surface area contributed by atoms with Crippen molar-refractivity contribution >= 4 is 22.1 Å². The minimum Gasteiger partial charge on any atom is -0.545 e. The number of carboxylic acids is 1. The first-order valence-corrected chi connectivity index (χ1v) is 7.56. The van der Waals surface area contributed by atoms with Crippen molar-refractivity contribution in [2.45, 2.75) is 11.3 Å². The Hall–Kier alpha value is -1.90. The fraction of sp³-hybridized carbons (Fsp3) is 0.308. The number of methoxy groups -OCH3 is 1. The molecule has 0 saturated heterocycles. The maximum Gasteiger partial charge on any atom is 0.244 e. The van der Waals surface area contributed by atoms with Gasteiger partial charge in [0.2, 0.25) is 10.0 Å². The van der Waals surface area contributed by atoms with Crippen LogP contribution in [0.5, 0.6) is 5.75 Å². The molecule has 0 radical (unpaired) electrons. The summed E-state index contributed by atoms with van der Waals surface area (Å²) in [5, 5.41) is 19.0. The molecule has 0 heterocycles. The van der Waals surface area contributed by atoms with Crippen molar-refractivity contribution in [2.24, 2.45) is 0 Å². The van der Waals surface area contributed by atoms with Gasteiger partial charge in [0.25, 0.3) is 0 Å². The van der Waals surface area contributed by atoms with Crippen LogP contribution in [0.3, 0.4) is 0 Å². The first-order chi connectivity index (χ1) is 9.90. The standard InChI is InChI=1S/C13H17NO6S/c1-20-11-5-3-10(4-6-13(16)17)9-12(11)21(18,19)14-7-2-8-15/h3-6,9,14-15H,2,7-8H2,1H3,(H,16,17)/p-1/b6-4+. The highest BCUT2D eigenvalue weighted by Crippen LogP contribution is 2.25. The number of rotatable bonds is 8. The molecule has 0 aliphatic heterocycles. The summed E-state index contributed by atoms with van der Waals surface area (Å²) in [6.07, 6.45) is 2.31. The number of carbonyl (C=O) groups is 1. The normalized spacial score (nSPS) is 11.7. The van der Waals surface area contributed by atoms with Crippen LogP contribution >= 0.6 is 0 Å². The molecule has 0 aliphatic carbocycles. The first kappa shape index (κ1) is 17.2. The molecule has 0 aliphatic rings. The summed E-state index contributed by atoms with van der Waals surface area (Å²) in [5.41, 5.74) is 0.377. The third kappa shape index (κ3) is 5.18. The van der Waals surface area contributed by atoms with Crippen molar-refractivity contribution in [1.29, 1.82) is 0 Å². The number of hydrogen-bond donors (Lipinski definition) is 2. The zero-order valence-electron chi connectivity index (χ0n) is 11.4. The Morgan fingerprint density at radius 2 is 2.19 bits per heavy atom. The molecule has 0 atom stereocenters. The van der Waals surface area contributed by atoms with Crippen LogP contribution in [0.4, 0.5) is 0 Å². The molecule has 0 amide bonds. The summed E-state index contributed by atoms with van der Waals surface area (Å²) >= 11 is 0. The number of benzene rings is 1. The first-order valence-electron chi connectivity index (χ1n) is 6.08. The molecule has 1 rings (SSSR count). The summed E-state index contributed by atoms with van der Waals surface area (Å²) < 4.78 is 31.6. The monoisotopic (exact) mass is 314 g/mol. The molecule has 8 heteroatoms. The van der Waals surface area contributed by atoms with Gasteiger partial charge in [-0.1, -0.05) is 12.1 Å². The Morgan fingerprint density at radius 3 is 2.76 bits per heavy atom. The van der Waals surface area contributed by atoms with Crippen LogP contribution < -0.4 is 14.6 Å². The van der Waals surface area contributed by atoms with Crippen molar-refractivity contribution in [3.05, 3.63) is 29.8 Å². The molecule has 116 valence electrons. The minimum absolute atomic E-state index is 0.0844. The topological polar surface area (TPSA) is 116 Å². The van der Waals surface area contributed by atoms with E-state index in [4.69, 9.17) is 9.84 Å². The molecule has 0 unspecified atom stereocenters. The van der Waals surface area contributed by atoms with Gasteiger partial charge in [-0.15, -0.1) is 0 Å². The van der Waals surface area contributed by atoms with E-state index in [0.717, 1.165) is 6.08 Å². The van der Waals surface area contributed by atoms with Crippen LogP contribution in [0.2, 0.25) is 0 Å². The van der Waals surface area contributed by atoms with Crippen molar-refractivity contribution in [3.8, 4) is 5.75 Å². The molecule has 2 N–H and O–H groups in total. The summed E-state index contributed by atoms with van der Waals surface area (Å²) in [7, 11) is -2.49. The van der Waals surface area contributed by atoms with Crippen LogP contribution in [-0.4, -0.2) is 39.8 Å². The largest absolute Gasteiger partial charge is 0.545 e. The number of ether oxygens (including phenoxy) is 1. The number of aliphatic hydroxyl groups excluding tert-OH is 1. The third-order valence-electron chi connectivity index (χ3n) is 2.52. The molecular formula is C13H16NO6S-. The lowest BCUT2D eigenvalue weighted by Gasteiger charge is -2.11. The molecule has 0 fully saturated rings. The Morgan fingerprint density at radius 1 is 1.48 bits per heavy atom. The fourth-order valence-corrected chi connectivity index (χ4v) is 2.81. The van der Waals surface area contributed by atoms with Crippen LogP contribution in [0, 0.1) is 0 Å². The Kier molecular flexibility index (Phi) is 6.35. The lowest BCUT2D eigenvalue weighted by atomic mass is 10.2. The Labute approximate surface area is 122 Å². The predicted octanol–water partition coefficient (Wildman–Crippen LogP) is -0.881. The number of nitrogens with one attached hydrogen (secondary N) is 1. The van der Waals surface area contributed by atoms with E-state index in [2.05, 4.69) is 4.72 Å². The summed E-state index contributed by atoms with van der Waals surface area (Å²) in [4.78, 5) is 10.3. The van der Waals surface area contributed by atoms with E-state index >= 15 is 0 Å². The number of sulfonamides is 1. The summed E-state index contributed by atoms with van der Waals surface area (Å²) in [6.45, 7) is -0.0465. The maximum absolute atomic E-state index is 12.2. The van der Waals surface area contributed by atoms with E-state index in [-0.39, 0.29) is 30.2 Å². The van der Waals surface area contributed by atoms with Gasteiger partial charge in [-0.25, -0.2) is 13.1 Å². The lowest BCUT2D eigenvalue weighted by Crippen LogP contribution is -2.25. The fourth-order valence-electron chi connectivity index (χ4n) is 1.53. The molecular weight excluding hydrogens is 298 g/mol. The van der Waals surface area contributed by atoms with Gasteiger partial charge in [-0.2, -0.15) is 0 Å². The zero-order valence-corrected chi connectivity index (χ0v) is 12.2. The second-order valence-electron chi connectivity index (χ2n) is 4.04.